The molecule has 2 aromatic carbocycles. The van der Waals surface area contributed by atoms with Gasteiger partial charge in [0.05, 0.1) is 58.2 Å². The lowest BCUT2D eigenvalue weighted by Crippen LogP contribution is -2.61. The van der Waals surface area contributed by atoms with Crippen molar-refractivity contribution in [3.05, 3.63) is 54.6 Å². The molecule has 0 amide bonds. The summed E-state index contributed by atoms with van der Waals surface area (Å²) >= 11 is 0. The molecular weight excluding hydrogens is 1330 g/mol. The van der Waals surface area contributed by atoms with E-state index in [-0.39, 0.29) is 17.2 Å². The highest BCUT2D eigenvalue weighted by Crippen LogP contribution is 2.58. The minimum atomic E-state index is -7.42. The van der Waals surface area contributed by atoms with Crippen molar-refractivity contribution in [3.63, 3.8) is 0 Å². The van der Waals surface area contributed by atoms with E-state index in [0.29, 0.717) is 0 Å². The molecule has 0 unspecified atom stereocenters. The fourth-order valence-electron chi connectivity index (χ4n) is 6.27. The number of hydrogen-bond acceptors (Lipinski definition) is 9. The summed E-state index contributed by atoms with van der Waals surface area (Å²) in [5.41, 5.74) is -1.07. The second-order valence-electron chi connectivity index (χ2n) is 17.5. The molecule has 45 heteroatoms. The average Bonchev–Trinajstić information content (AvgIpc) is 1.20. The Hall–Kier alpha value is -6.79. The number of benzene rings is 2. The molecule has 0 fully saturated rings. The molecule has 0 radical (unpaired) electrons. The summed E-state index contributed by atoms with van der Waals surface area (Å²) in [4.78, 5) is 16.9. The largest absolute Gasteiger partial charge is 0.477 e. The van der Waals surface area contributed by atoms with Crippen LogP contribution in [0, 0.1) is 0 Å². The van der Waals surface area contributed by atoms with Gasteiger partial charge in [0.15, 0.2) is 11.6 Å². The second-order valence-corrected chi connectivity index (χ2v) is 17.5. The Kier molecular flexibility index (Phi) is 20.0. The Labute approximate surface area is 462 Å². The van der Waals surface area contributed by atoms with Crippen molar-refractivity contribution in [1.82, 2.24) is 24.9 Å². The lowest BCUT2D eigenvalue weighted by molar-refractivity contribution is -0.397. The van der Waals surface area contributed by atoms with Crippen LogP contribution in [0.15, 0.2) is 54.6 Å². The van der Waals surface area contributed by atoms with Gasteiger partial charge in [0.1, 0.15) is 0 Å². The second kappa shape index (κ2) is 23.9. The number of aromatic nitrogens is 5. The summed E-state index contributed by atoms with van der Waals surface area (Å²) in [6.07, 6.45) is -40.2. The predicted octanol–water partition coefficient (Wildman–Crippen LogP) is 16.6. The van der Waals surface area contributed by atoms with Gasteiger partial charge in [0, 0.05) is 11.1 Å². The topological polar surface area (TPSA) is 101 Å². The number of rotatable bonds is 27. The molecule has 0 saturated heterocycles. The molecule has 498 valence electrons. The lowest BCUT2D eigenvalue weighted by atomic mass is 10.0. The van der Waals surface area contributed by atoms with Crippen molar-refractivity contribution in [1.29, 1.82) is 0 Å². The van der Waals surface area contributed by atoms with Gasteiger partial charge in [0.25, 0.3) is 0 Å². The van der Waals surface area contributed by atoms with Crippen LogP contribution in [0.5, 0.6) is 23.8 Å². The molecule has 0 atom stereocenters. The summed E-state index contributed by atoms with van der Waals surface area (Å²) in [6, 6.07) is 4.36. The maximum Gasteiger partial charge on any atom is 0.460 e. The zero-order chi connectivity index (χ0) is 68.2. The van der Waals surface area contributed by atoms with Crippen molar-refractivity contribution >= 4 is 0 Å². The van der Waals surface area contributed by atoms with Crippen LogP contribution in [0.4, 0.5) is 158 Å². The SMILES string of the molecule is FC(F)(F)C(F)(F)C(F)(F)C(F)(F)CCOc1cc(OCCC(F)(F)C(F)(F)C(F)(F)C(F)(F)F)nc(-c2ccc(-c3ccc(-c4nc(OCCC(F)(F)C(F)(F)C(F)(F)C(F)(F)F)nc(OCCC(F)(F)C(F)(F)C(F)(F)C(F)(F)F)n4)cc3)cc2)n1. The van der Waals surface area contributed by atoms with Gasteiger partial charge in [-0.2, -0.15) is 178 Å². The molecule has 0 saturated carbocycles. The Morgan fingerprint density at radius 3 is 0.670 bits per heavy atom. The van der Waals surface area contributed by atoms with Crippen molar-refractivity contribution in [3.8, 4) is 57.7 Å². The predicted molar refractivity (Wildman–Crippen MR) is 216 cm³/mol. The van der Waals surface area contributed by atoms with Crippen molar-refractivity contribution in [2.75, 3.05) is 26.4 Å². The van der Waals surface area contributed by atoms with Crippen LogP contribution < -0.4 is 18.9 Å². The smallest absolute Gasteiger partial charge is 0.460 e. The first-order chi connectivity index (χ1) is 39.2. The first-order valence-electron chi connectivity index (χ1n) is 22.4. The lowest BCUT2D eigenvalue weighted by Gasteiger charge is -2.33. The maximum atomic E-state index is 14.2. The van der Waals surface area contributed by atoms with E-state index in [1.165, 1.54) is 0 Å². The summed E-state index contributed by atoms with van der Waals surface area (Å²) in [6.45, 7) is -8.28. The molecule has 0 spiro atoms. The van der Waals surface area contributed by atoms with E-state index in [2.05, 4.69) is 43.9 Å². The normalized spacial score (nSPS) is 14.7. The van der Waals surface area contributed by atoms with E-state index in [4.69, 9.17) is 0 Å². The molecule has 0 aliphatic carbocycles. The van der Waals surface area contributed by atoms with E-state index in [1.807, 2.05) is 0 Å². The summed E-state index contributed by atoms with van der Waals surface area (Å²) in [5.74, 6) is -88.5. The van der Waals surface area contributed by atoms with E-state index >= 15 is 0 Å². The Balaban J connectivity index is 1.70. The van der Waals surface area contributed by atoms with Crippen LogP contribution in [-0.2, 0) is 0 Å². The van der Waals surface area contributed by atoms with Crippen LogP contribution in [0.1, 0.15) is 25.7 Å². The zero-order valence-electron chi connectivity index (χ0n) is 41.3. The van der Waals surface area contributed by atoms with E-state index < -0.39 is 194 Å². The molecule has 0 aliphatic rings. The highest BCUT2D eigenvalue weighted by molar-refractivity contribution is 5.70. The molecule has 0 aliphatic heterocycles. The third-order valence-corrected chi connectivity index (χ3v) is 11.4. The monoisotopic (exact) mass is 1360 g/mol. The zero-order valence-corrected chi connectivity index (χ0v) is 41.3. The molecule has 9 nitrogen and oxygen atoms in total. The molecule has 88 heavy (non-hydrogen) atoms. The fourth-order valence-corrected chi connectivity index (χ4v) is 6.27. The number of halogens is 36. The van der Waals surface area contributed by atoms with Crippen molar-refractivity contribution in [2.45, 2.75) is 121 Å². The van der Waals surface area contributed by atoms with Gasteiger partial charge in [-0.25, -0.2) is 0 Å². The third kappa shape index (κ3) is 14.1. The van der Waals surface area contributed by atoms with Crippen molar-refractivity contribution in [2.24, 2.45) is 0 Å². The van der Waals surface area contributed by atoms with Gasteiger partial charge in [-0.1, -0.05) is 48.5 Å². The molecular formula is C43H25F36N5O4. The first kappa shape index (κ1) is 73.7. The van der Waals surface area contributed by atoms with Crippen LogP contribution in [0.3, 0.4) is 0 Å². The van der Waals surface area contributed by atoms with Crippen LogP contribution >= 0.6 is 0 Å². The quantitative estimate of drug-likeness (QED) is 0.0540. The highest BCUT2D eigenvalue weighted by Gasteiger charge is 2.84. The number of hydrogen-bond donors (Lipinski definition) is 0. The highest BCUT2D eigenvalue weighted by atomic mass is 19.5. The van der Waals surface area contributed by atoms with Gasteiger partial charge in [-0.3, -0.25) is 0 Å². The molecule has 2 aromatic heterocycles. The standard InChI is InChI=1S/C43H25F36N5O4/c44-28(45,32(52,53)36(60,61)40(68,69)70)9-13-85-22-17-23(86-14-10-29(46,47)33(54,55)37(62,63)41(71,72)73)81-24(80-22)20-5-1-18(2-6-20)19-3-7-21(8-4-19)25-82-26(87-15-11-30(48,49)34(56,57)38(64,65)42(74,75)76)84-27(83-25)88-16-12-31(50,51)35(58,59)39(66,67)43(77,78)79/h1-8,17H,9-16H2. The Bertz CT molecular complexity index is 2670. The molecule has 2 heterocycles. The number of alkyl halides is 36. The van der Waals surface area contributed by atoms with E-state index in [0.717, 1.165) is 48.5 Å². The molecule has 4 aromatic rings. The third-order valence-electron chi connectivity index (χ3n) is 11.4. The molecule has 0 bridgehead atoms. The number of ether oxygens (including phenoxy) is 4. The maximum absolute atomic E-state index is 14.2. The van der Waals surface area contributed by atoms with Crippen LogP contribution in [-0.4, -0.2) is 147 Å². The minimum Gasteiger partial charge on any atom is -0.477 e. The van der Waals surface area contributed by atoms with Gasteiger partial charge in [0.2, 0.25) is 11.8 Å². The van der Waals surface area contributed by atoms with Gasteiger partial charge >= 0.3 is 108 Å². The van der Waals surface area contributed by atoms with E-state index in [9.17, 15) is 158 Å². The molecule has 4 rings (SSSR count). The van der Waals surface area contributed by atoms with Crippen LogP contribution in [0.25, 0.3) is 33.9 Å². The van der Waals surface area contributed by atoms with Crippen LogP contribution in [0.2, 0.25) is 0 Å². The average molecular weight is 1360 g/mol. The summed E-state index contributed by atoms with van der Waals surface area (Å²) < 4.78 is 500. The van der Waals surface area contributed by atoms with Gasteiger partial charge in [-0.15, -0.1) is 4.98 Å². The summed E-state index contributed by atoms with van der Waals surface area (Å²) in [5, 5.41) is 0. The van der Waals surface area contributed by atoms with Crippen molar-refractivity contribution < 1.29 is 177 Å². The Morgan fingerprint density at radius 1 is 0.239 bits per heavy atom. The van der Waals surface area contributed by atoms with E-state index in [1.54, 1.807) is 0 Å². The van der Waals surface area contributed by atoms with Gasteiger partial charge < -0.3 is 18.9 Å². The minimum absolute atomic E-state index is 0.0526. The Morgan fingerprint density at radius 2 is 0.443 bits per heavy atom. The molecule has 0 N–H and O–H groups in total. The number of nitrogens with zero attached hydrogens (tertiary/aromatic N) is 5. The van der Waals surface area contributed by atoms with Gasteiger partial charge in [-0.05, 0) is 11.1 Å². The first-order valence-corrected chi connectivity index (χ1v) is 22.4. The summed E-state index contributed by atoms with van der Waals surface area (Å²) in [7, 11) is 0. The fraction of sp³-hybridized carbons (Fsp3) is 0.558.